The van der Waals surface area contributed by atoms with Crippen LogP contribution < -0.4 is 5.73 Å². The molecule has 9 heteroatoms. The van der Waals surface area contributed by atoms with Crippen molar-refractivity contribution < 1.29 is 15.3 Å². The summed E-state index contributed by atoms with van der Waals surface area (Å²) in [4.78, 5) is 12.8. The highest BCUT2D eigenvalue weighted by atomic mass is 32.2. The first kappa shape index (κ1) is 14.2. The van der Waals surface area contributed by atoms with Gasteiger partial charge in [-0.05, 0) is 18.6 Å². The van der Waals surface area contributed by atoms with Crippen molar-refractivity contribution in [3.05, 3.63) is 6.33 Å². The lowest BCUT2D eigenvalue weighted by molar-refractivity contribution is -0.0300. The molecule has 5 atom stereocenters. The fourth-order valence-electron chi connectivity index (χ4n) is 3.78. The van der Waals surface area contributed by atoms with E-state index in [9.17, 15) is 15.3 Å². The van der Waals surface area contributed by atoms with Crippen LogP contribution >= 0.6 is 11.8 Å². The molecule has 0 aromatic carbocycles. The lowest BCUT2D eigenvalue weighted by Gasteiger charge is -2.23. The fraction of sp³-hybridized carbons (Fsp3) is 0.615. The summed E-state index contributed by atoms with van der Waals surface area (Å²) in [6.07, 6.45) is 2.21. The Morgan fingerprint density at radius 3 is 2.86 bits per heavy atom. The number of aromatic nitrogens is 4. The van der Waals surface area contributed by atoms with Crippen molar-refractivity contribution in [3.8, 4) is 0 Å². The average Bonchev–Trinajstić information content (AvgIpc) is 3.03. The highest BCUT2D eigenvalue weighted by molar-refractivity contribution is 7.98. The highest BCUT2D eigenvalue weighted by Crippen LogP contribution is 2.67. The topological polar surface area (TPSA) is 130 Å². The molecule has 22 heavy (non-hydrogen) atoms. The Balaban J connectivity index is 1.84. The lowest BCUT2D eigenvalue weighted by atomic mass is 10.0. The maximum absolute atomic E-state index is 10.4. The molecule has 2 fully saturated rings. The van der Waals surface area contributed by atoms with Crippen LogP contribution in [0.1, 0.15) is 12.5 Å². The molecule has 2 unspecified atom stereocenters. The number of aliphatic hydroxyl groups excluding tert-OH is 3. The third-order valence-corrected chi connectivity index (χ3v) is 5.63. The maximum Gasteiger partial charge on any atom is 0.191 e. The number of anilines is 1. The van der Waals surface area contributed by atoms with Gasteiger partial charge in [0.25, 0.3) is 0 Å². The number of thioether (sulfide) groups is 1. The number of hydrogen-bond donors (Lipinski definition) is 4. The van der Waals surface area contributed by atoms with Crippen molar-refractivity contribution in [2.24, 2.45) is 11.3 Å². The number of nitrogen functional groups attached to an aromatic ring is 1. The quantitative estimate of drug-likeness (QED) is 0.435. The second kappa shape index (κ2) is 4.54. The van der Waals surface area contributed by atoms with E-state index in [0.29, 0.717) is 28.6 Å². The van der Waals surface area contributed by atoms with Crippen molar-refractivity contribution in [1.82, 2.24) is 19.5 Å². The summed E-state index contributed by atoms with van der Waals surface area (Å²) in [7, 11) is 0. The second-order valence-corrected chi connectivity index (χ2v) is 6.82. The molecule has 0 amide bonds. The molecule has 0 spiro atoms. The first-order valence-corrected chi connectivity index (χ1v) is 8.27. The SMILES string of the molecule is CSc1nc(N)c2ncn([C@H]3C(O)C(O)[C@]4(CO)C[C@H]34)c2n1. The first-order chi connectivity index (χ1) is 10.5. The van der Waals surface area contributed by atoms with Gasteiger partial charge in [-0.25, -0.2) is 15.0 Å². The van der Waals surface area contributed by atoms with E-state index in [4.69, 9.17) is 5.73 Å². The zero-order valence-electron chi connectivity index (χ0n) is 11.9. The van der Waals surface area contributed by atoms with E-state index in [-0.39, 0.29) is 18.6 Å². The Bertz CT molecular complexity index is 753. The van der Waals surface area contributed by atoms with Gasteiger partial charge in [-0.1, -0.05) is 11.8 Å². The summed E-state index contributed by atoms with van der Waals surface area (Å²) in [5.74, 6) is 0.305. The number of fused-ring (bicyclic) bond motifs is 2. The van der Waals surface area contributed by atoms with Crippen molar-refractivity contribution in [1.29, 1.82) is 0 Å². The van der Waals surface area contributed by atoms with E-state index in [1.807, 2.05) is 6.26 Å². The van der Waals surface area contributed by atoms with Crippen LogP contribution in [0.15, 0.2) is 11.5 Å². The van der Waals surface area contributed by atoms with Gasteiger partial charge in [-0.2, -0.15) is 0 Å². The summed E-state index contributed by atoms with van der Waals surface area (Å²) in [6.45, 7) is -0.133. The smallest absolute Gasteiger partial charge is 0.191 e. The first-order valence-electron chi connectivity index (χ1n) is 7.04. The van der Waals surface area contributed by atoms with E-state index >= 15 is 0 Å². The van der Waals surface area contributed by atoms with Crippen LogP contribution in [0.25, 0.3) is 11.2 Å². The second-order valence-electron chi connectivity index (χ2n) is 6.05. The van der Waals surface area contributed by atoms with Crippen molar-refractivity contribution in [2.75, 3.05) is 18.6 Å². The van der Waals surface area contributed by atoms with Crippen molar-refractivity contribution in [2.45, 2.75) is 29.8 Å². The third-order valence-electron chi connectivity index (χ3n) is 5.08. The molecule has 2 saturated carbocycles. The molecule has 2 heterocycles. The van der Waals surface area contributed by atoms with Crippen molar-refractivity contribution in [3.63, 3.8) is 0 Å². The highest BCUT2D eigenvalue weighted by Gasteiger charge is 2.71. The van der Waals surface area contributed by atoms with Gasteiger partial charge in [0, 0.05) is 5.41 Å². The number of aliphatic hydroxyl groups is 3. The molecule has 2 aliphatic carbocycles. The fourth-order valence-corrected chi connectivity index (χ4v) is 4.14. The summed E-state index contributed by atoms with van der Waals surface area (Å²) in [5.41, 5.74) is 6.35. The molecule has 2 aromatic heterocycles. The predicted octanol–water partition coefficient (Wildman–Crippen LogP) is -0.595. The van der Waals surface area contributed by atoms with Crippen LogP contribution in [-0.2, 0) is 0 Å². The van der Waals surface area contributed by atoms with E-state index in [0.717, 1.165) is 0 Å². The lowest BCUT2D eigenvalue weighted by Crippen LogP contribution is -2.35. The largest absolute Gasteiger partial charge is 0.396 e. The molecule has 2 aromatic rings. The third kappa shape index (κ3) is 1.62. The molecule has 0 bridgehead atoms. The molecule has 0 radical (unpaired) electrons. The minimum Gasteiger partial charge on any atom is -0.396 e. The number of nitrogens with two attached hydrogens (primary N) is 1. The zero-order valence-corrected chi connectivity index (χ0v) is 12.7. The van der Waals surface area contributed by atoms with Gasteiger partial charge in [0.05, 0.1) is 25.1 Å². The van der Waals surface area contributed by atoms with Crippen molar-refractivity contribution >= 4 is 28.7 Å². The van der Waals surface area contributed by atoms with Crippen LogP contribution in [0.2, 0.25) is 0 Å². The van der Waals surface area contributed by atoms with Gasteiger partial charge in [-0.15, -0.1) is 0 Å². The molecule has 0 saturated heterocycles. The van der Waals surface area contributed by atoms with E-state index < -0.39 is 17.6 Å². The molecule has 4 rings (SSSR count). The number of imidazole rings is 1. The van der Waals surface area contributed by atoms with Gasteiger partial charge in [0.15, 0.2) is 16.6 Å². The Hall–Kier alpha value is -1.42. The summed E-state index contributed by atoms with van der Waals surface area (Å²) in [5, 5.41) is 30.7. The van der Waals surface area contributed by atoms with E-state index in [2.05, 4.69) is 15.0 Å². The van der Waals surface area contributed by atoms with Crippen LogP contribution in [0.4, 0.5) is 5.82 Å². The summed E-state index contributed by atoms with van der Waals surface area (Å²) in [6, 6.07) is -0.365. The molecule has 0 aliphatic heterocycles. The average molecular weight is 323 g/mol. The standard InChI is InChI=1S/C13H17N5O3S/c1-22-12-16-10(14)6-11(17-12)18(4-15-6)7-5-2-13(5,3-19)9(21)8(7)20/h4-5,7-9,19-21H,2-3H2,1H3,(H2,14,16,17)/t5-,7-,8?,9?,13+/m1/s1. The van der Waals surface area contributed by atoms with Gasteiger partial charge in [0.2, 0.25) is 0 Å². The minimum absolute atomic E-state index is 0.00817. The minimum atomic E-state index is -0.961. The van der Waals surface area contributed by atoms with Gasteiger partial charge >= 0.3 is 0 Å². The Morgan fingerprint density at radius 1 is 1.45 bits per heavy atom. The predicted molar refractivity (Wildman–Crippen MR) is 80.2 cm³/mol. The molecular weight excluding hydrogens is 306 g/mol. The van der Waals surface area contributed by atoms with E-state index in [1.54, 1.807) is 10.9 Å². The molecule has 118 valence electrons. The van der Waals surface area contributed by atoms with Gasteiger partial charge in [-0.3, -0.25) is 0 Å². The molecule has 2 aliphatic rings. The normalized spacial score (nSPS) is 36.7. The molecule has 8 nitrogen and oxygen atoms in total. The Labute approximate surface area is 130 Å². The molecule has 5 N–H and O–H groups in total. The van der Waals surface area contributed by atoms with Crippen LogP contribution in [0, 0.1) is 11.3 Å². The number of nitrogens with zero attached hydrogens (tertiary/aromatic N) is 4. The monoisotopic (exact) mass is 323 g/mol. The zero-order chi connectivity index (χ0) is 15.6. The Kier molecular flexibility index (Phi) is 2.93. The Morgan fingerprint density at radius 2 is 2.23 bits per heavy atom. The molecular formula is C13H17N5O3S. The van der Waals surface area contributed by atoms with Crippen LogP contribution in [0.3, 0.4) is 0 Å². The van der Waals surface area contributed by atoms with E-state index in [1.165, 1.54) is 11.8 Å². The summed E-state index contributed by atoms with van der Waals surface area (Å²) < 4.78 is 1.76. The maximum atomic E-state index is 10.4. The number of hydrogen-bond acceptors (Lipinski definition) is 8. The summed E-state index contributed by atoms with van der Waals surface area (Å²) >= 11 is 1.37. The van der Waals surface area contributed by atoms with Crippen LogP contribution in [-0.4, -0.2) is 59.9 Å². The van der Waals surface area contributed by atoms with Gasteiger partial charge < -0.3 is 25.6 Å². The van der Waals surface area contributed by atoms with Gasteiger partial charge in [0.1, 0.15) is 11.6 Å². The van der Waals surface area contributed by atoms with Crippen LogP contribution in [0.5, 0.6) is 0 Å². The number of rotatable bonds is 3.